The number of fused-ring (bicyclic) bond motifs is 5. The number of nitrogens with zero attached hydrogens (tertiary/aromatic N) is 1. The van der Waals surface area contributed by atoms with Crippen LogP contribution in [-0.2, 0) is 9.59 Å². The molecule has 0 spiro atoms. The van der Waals surface area contributed by atoms with Crippen LogP contribution in [0.1, 0.15) is 52.4 Å². The molecule has 21 heavy (non-hydrogen) atoms. The van der Waals surface area contributed by atoms with E-state index >= 15 is 0 Å². The van der Waals surface area contributed by atoms with E-state index in [9.17, 15) is 9.59 Å². The fraction of sp³-hybridized carbons (Fsp3) is 0.882. The molecule has 4 aliphatic rings. The van der Waals surface area contributed by atoms with E-state index in [2.05, 4.69) is 19.2 Å². The van der Waals surface area contributed by atoms with Gasteiger partial charge in [0.1, 0.15) is 0 Å². The van der Waals surface area contributed by atoms with Gasteiger partial charge in [0, 0.05) is 12.1 Å². The molecule has 1 N–H and O–H groups in total. The van der Waals surface area contributed by atoms with Crippen molar-refractivity contribution in [1.82, 2.24) is 10.2 Å². The predicted molar refractivity (Wildman–Crippen MR) is 79.4 cm³/mol. The van der Waals surface area contributed by atoms with Gasteiger partial charge >= 0.3 is 0 Å². The quantitative estimate of drug-likeness (QED) is 0.787. The lowest BCUT2D eigenvalue weighted by Crippen LogP contribution is -2.44. The van der Waals surface area contributed by atoms with Crippen molar-refractivity contribution in [1.29, 1.82) is 0 Å². The highest BCUT2D eigenvalue weighted by molar-refractivity contribution is 6.05. The second-order valence-corrected chi connectivity index (χ2v) is 7.51. The largest absolute Gasteiger partial charge is 0.302 e. The zero-order chi connectivity index (χ0) is 14.7. The van der Waals surface area contributed by atoms with E-state index in [0.29, 0.717) is 12.5 Å². The molecule has 4 heteroatoms. The Hall–Kier alpha value is -0.900. The first-order valence-electron chi connectivity index (χ1n) is 8.77. The maximum absolute atomic E-state index is 12.6. The number of hydrogen-bond acceptors (Lipinski definition) is 3. The molecule has 2 bridgehead atoms. The lowest BCUT2D eigenvalue weighted by Gasteiger charge is -2.24. The van der Waals surface area contributed by atoms with E-state index in [1.54, 1.807) is 4.90 Å². The Morgan fingerprint density at radius 3 is 2.33 bits per heavy atom. The van der Waals surface area contributed by atoms with Crippen LogP contribution < -0.4 is 5.32 Å². The predicted octanol–water partition coefficient (Wildman–Crippen LogP) is 1.94. The van der Waals surface area contributed by atoms with Gasteiger partial charge in [0.2, 0.25) is 11.8 Å². The third-order valence-corrected chi connectivity index (χ3v) is 6.62. The number of imide groups is 1. The third-order valence-electron chi connectivity index (χ3n) is 6.62. The number of carbonyl (C=O) groups excluding carboxylic acids is 2. The van der Waals surface area contributed by atoms with Crippen molar-refractivity contribution in [2.75, 3.05) is 0 Å². The highest BCUT2D eigenvalue weighted by Gasteiger charge is 2.65. The molecule has 4 rings (SSSR count). The Morgan fingerprint density at radius 2 is 1.76 bits per heavy atom. The van der Waals surface area contributed by atoms with Crippen molar-refractivity contribution in [2.24, 2.45) is 23.7 Å². The third kappa shape index (κ3) is 1.91. The first-order valence-corrected chi connectivity index (χ1v) is 8.77. The number of carbonyl (C=O) groups is 2. The van der Waals surface area contributed by atoms with Crippen molar-refractivity contribution in [2.45, 2.75) is 70.5 Å². The van der Waals surface area contributed by atoms with Gasteiger partial charge in [-0.05, 0) is 55.8 Å². The summed E-state index contributed by atoms with van der Waals surface area (Å²) in [6.45, 7) is 4.11. The Morgan fingerprint density at radius 1 is 1.14 bits per heavy atom. The number of hydrogen-bond donors (Lipinski definition) is 1. The Labute approximate surface area is 126 Å². The van der Waals surface area contributed by atoms with Crippen LogP contribution in [0.5, 0.6) is 0 Å². The second-order valence-electron chi connectivity index (χ2n) is 7.51. The highest BCUT2D eigenvalue weighted by atomic mass is 16.2. The summed E-state index contributed by atoms with van der Waals surface area (Å²) in [7, 11) is 0. The maximum Gasteiger partial charge on any atom is 0.247 e. The summed E-state index contributed by atoms with van der Waals surface area (Å²) in [4.78, 5) is 26.3. The van der Waals surface area contributed by atoms with Gasteiger partial charge in [0.15, 0.2) is 0 Å². The standard InChI is InChI=1S/C17H26N2O2/c1-3-11(4-2)19-13(20)8-12(17(19)21)18-16-14-9-5-6-10(7-9)15(14)16/h9-12,14-16,18H,3-8H2,1-2H3. The smallest absolute Gasteiger partial charge is 0.247 e. The summed E-state index contributed by atoms with van der Waals surface area (Å²) in [5.74, 6) is 3.49. The number of likely N-dealkylation sites (tertiary alicyclic amines) is 1. The minimum Gasteiger partial charge on any atom is -0.302 e. The summed E-state index contributed by atoms with van der Waals surface area (Å²) < 4.78 is 0. The van der Waals surface area contributed by atoms with Crippen molar-refractivity contribution < 1.29 is 9.59 Å². The molecule has 3 saturated carbocycles. The molecule has 2 amide bonds. The van der Waals surface area contributed by atoms with Crippen molar-refractivity contribution in [3.63, 3.8) is 0 Å². The van der Waals surface area contributed by atoms with Crippen molar-refractivity contribution in [3.05, 3.63) is 0 Å². The molecule has 1 saturated heterocycles. The molecular formula is C17H26N2O2. The zero-order valence-corrected chi connectivity index (χ0v) is 13.0. The fourth-order valence-corrected chi connectivity index (χ4v) is 5.60. The van der Waals surface area contributed by atoms with Crippen LogP contribution in [0.2, 0.25) is 0 Å². The average molecular weight is 290 g/mol. The van der Waals surface area contributed by atoms with Gasteiger partial charge in [-0.25, -0.2) is 0 Å². The summed E-state index contributed by atoms with van der Waals surface area (Å²) in [5, 5.41) is 3.56. The average Bonchev–Trinajstić information content (AvgIpc) is 2.78. The second kappa shape index (κ2) is 4.80. The maximum atomic E-state index is 12.6. The lowest BCUT2D eigenvalue weighted by molar-refractivity contribution is -0.141. The SMILES string of the molecule is CCC(CC)N1C(=O)CC(NC2C3C4CCC(C4)C23)C1=O. The zero-order valence-electron chi connectivity index (χ0n) is 13.0. The van der Waals surface area contributed by atoms with Gasteiger partial charge in [0.05, 0.1) is 12.5 Å². The van der Waals surface area contributed by atoms with Gasteiger partial charge < -0.3 is 5.32 Å². The van der Waals surface area contributed by atoms with E-state index in [0.717, 1.165) is 36.5 Å². The molecular weight excluding hydrogens is 264 g/mol. The van der Waals surface area contributed by atoms with E-state index in [-0.39, 0.29) is 23.9 Å². The van der Waals surface area contributed by atoms with E-state index in [4.69, 9.17) is 0 Å². The van der Waals surface area contributed by atoms with Crippen LogP contribution in [0.15, 0.2) is 0 Å². The Bertz CT molecular complexity index is 457. The molecule has 0 radical (unpaired) electrons. The minimum absolute atomic E-state index is 0.0278. The van der Waals surface area contributed by atoms with Gasteiger partial charge in [-0.1, -0.05) is 13.8 Å². The monoisotopic (exact) mass is 290 g/mol. The summed E-state index contributed by atoms with van der Waals surface area (Å²) in [5.41, 5.74) is 0. The number of amides is 2. The van der Waals surface area contributed by atoms with Crippen LogP contribution >= 0.6 is 0 Å². The molecule has 0 aromatic rings. The normalized spacial score (nSPS) is 44.0. The molecule has 116 valence electrons. The first kappa shape index (κ1) is 13.7. The Balaban J connectivity index is 1.41. The fourth-order valence-electron chi connectivity index (χ4n) is 5.60. The van der Waals surface area contributed by atoms with Crippen molar-refractivity contribution >= 4 is 11.8 Å². The van der Waals surface area contributed by atoms with E-state index in [1.807, 2.05) is 0 Å². The molecule has 5 unspecified atom stereocenters. The van der Waals surface area contributed by atoms with E-state index in [1.165, 1.54) is 19.3 Å². The van der Waals surface area contributed by atoms with Crippen LogP contribution in [0.3, 0.4) is 0 Å². The topological polar surface area (TPSA) is 49.4 Å². The molecule has 4 nitrogen and oxygen atoms in total. The summed E-state index contributed by atoms with van der Waals surface area (Å²) >= 11 is 0. The first-order chi connectivity index (χ1) is 10.2. The highest BCUT2D eigenvalue weighted by Crippen LogP contribution is 2.65. The minimum atomic E-state index is -0.243. The van der Waals surface area contributed by atoms with Gasteiger partial charge in [-0.15, -0.1) is 0 Å². The van der Waals surface area contributed by atoms with Crippen molar-refractivity contribution in [3.8, 4) is 0 Å². The summed E-state index contributed by atoms with van der Waals surface area (Å²) in [6.07, 6.45) is 6.30. The molecule has 1 heterocycles. The van der Waals surface area contributed by atoms with Crippen LogP contribution in [0.25, 0.3) is 0 Å². The number of nitrogens with one attached hydrogen (secondary N) is 1. The molecule has 1 aliphatic heterocycles. The van der Waals surface area contributed by atoms with Crippen LogP contribution in [-0.4, -0.2) is 34.8 Å². The van der Waals surface area contributed by atoms with Crippen LogP contribution in [0, 0.1) is 23.7 Å². The molecule has 3 aliphatic carbocycles. The molecule has 0 aromatic heterocycles. The number of rotatable bonds is 5. The van der Waals surface area contributed by atoms with Gasteiger partial charge in [0.25, 0.3) is 0 Å². The molecule has 0 aromatic carbocycles. The van der Waals surface area contributed by atoms with Gasteiger partial charge in [-0.3, -0.25) is 14.5 Å². The molecule has 5 atom stereocenters. The van der Waals surface area contributed by atoms with Crippen LogP contribution in [0.4, 0.5) is 0 Å². The van der Waals surface area contributed by atoms with E-state index < -0.39 is 0 Å². The summed E-state index contributed by atoms with van der Waals surface area (Å²) in [6, 6.07) is 0.374. The van der Waals surface area contributed by atoms with Gasteiger partial charge in [-0.2, -0.15) is 0 Å². The Kier molecular flexibility index (Phi) is 3.14. The lowest BCUT2D eigenvalue weighted by atomic mass is 10.0. The molecule has 4 fully saturated rings.